The zero-order valence-electron chi connectivity index (χ0n) is 14.2. The second kappa shape index (κ2) is 9.61. The zero-order valence-corrected chi connectivity index (χ0v) is 15.0. The molecule has 1 heterocycles. The highest BCUT2D eigenvalue weighted by Gasteiger charge is 2.30. The van der Waals surface area contributed by atoms with Crippen LogP contribution in [0.3, 0.4) is 0 Å². The van der Waals surface area contributed by atoms with E-state index in [1.807, 2.05) is 31.2 Å². The highest BCUT2D eigenvalue weighted by molar-refractivity contribution is 5.95. The summed E-state index contributed by atoms with van der Waals surface area (Å²) in [7, 11) is 0. The van der Waals surface area contributed by atoms with Crippen molar-refractivity contribution in [3.63, 3.8) is 0 Å². The van der Waals surface area contributed by atoms with Crippen molar-refractivity contribution >= 4 is 29.9 Å². The molecule has 0 bridgehead atoms. The Morgan fingerprint density at radius 2 is 2.04 bits per heavy atom. The van der Waals surface area contributed by atoms with Crippen LogP contribution in [0.25, 0.3) is 0 Å². The largest absolute Gasteiger partial charge is 0.364 e. The van der Waals surface area contributed by atoms with Crippen molar-refractivity contribution in [2.75, 3.05) is 18.4 Å². The number of carbonyl (C=O) groups excluding carboxylic acids is 2. The van der Waals surface area contributed by atoms with Crippen molar-refractivity contribution < 1.29 is 14.3 Å². The normalized spacial score (nSPS) is 19.5. The van der Waals surface area contributed by atoms with Crippen molar-refractivity contribution in [1.82, 2.24) is 4.90 Å². The Hall–Kier alpha value is -1.63. The predicted molar refractivity (Wildman–Crippen MR) is 96.0 cm³/mol. The molecule has 2 rings (SSSR count). The summed E-state index contributed by atoms with van der Waals surface area (Å²) < 4.78 is 5.62. The summed E-state index contributed by atoms with van der Waals surface area (Å²) in [5, 5.41) is 2.92. The summed E-state index contributed by atoms with van der Waals surface area (Å²) in [4.78, 5) is 25.7. The molecule has 1 saturated heterocycles. The van der Waals surface area contributed by atoms with Crippen LogP contribution < -0.4 is 11.1 Å². The first-order valence-electron chi connectivity index (χ1n) is 8.05. The van der Waals surface area contributed by atoms with Gasteiger partial charge in [-0.25, -0.2) is 0 Å². The van der Waals surface area contributed by atoms with Crippen molar-refractivity contribution in [1.29, 1.82) is 0 Å². The molecule has 2 amide bonds. The van der Waals surface area contributed by atoms with Gasteiger partial charge in [0.2, 0.25) is 5.91 Å². The number of hydrogen-bond acceptors (Lipinski definition) is 4. The van der Waals surface area contributed by atoms with Crippen LogP contribution in [0.15, 0.2) is 24.3 Å². The maximum atomic E-state index is 12.4. The quantitative estimate of drug-likeness (QED) is 0.816. The van der Waals surface area contributed by atoms with Crippen molar-refractivity contribution in [2.45, 2.75) is 45.4 Å². The number of nitrogens with one attached hydrogen (secondary N) is 1. The van der Waals surface area contributed by atoms with Crippen molar-refractivity contribution in [3.05, 3.63) is 29.8 Å². The molecule has 2 atom stereocenters. The third kappa shape index (κ3) is 5.19. The molecule has 7 heteroatoms. The first-order valence-corrected chi connectivity index (χ1v) is 8.05. The van der Waals surface area contributed by atoms with Crippen LogP contribution in [0, 0.1) is 0 Å². The second-order valence-corrected chi connectivity index (χ2v) is 5.74. The van der Waals surface area contributed by atoms with Crippen LogP contribution in [0.5, 0.6) is 0 Å². The average molecular weight is 356 g/mol. The monoisotopic (exact) mass is 355 g/mol. The minimum absolute atomic E-state index is 0. The van der Waals surface area contributed by atoms with E-state index < -0.39 is 6.10 Å². The van der Waals surface area contributed by atoms with Crippen LogP contribution in [0.4, 0.5) is 5.69 Å². The lowest BCUT2D eigenvalue weighted by molar-refractivity contribution is -0.129. The number of hydrogen-bond donors (Lipinski definition) is 2. The molecule has 1 aromatic carbocycles. The van der Waals surface area contributed by atoms with Gasteiger partial charge < -0.3 is 20.7 Å². The maximum Gasteiger partial charge on any atom is 0.253 e. The number of para-hydroxylation sites is 1. The number of benzene rings is 1. The topological polar surface area (TPSA) is 84.7 Å². The fourth-order valence-corrected chi connectivity index (χ4v) is 2.72. The Kier molecular flexibility index (Phi) is 8.18. The molecule has 1 aliphatic heterocycles. The number of halogens is 1. The molecule has 0 unspecified atom stereocenters. The van der Waals surface area contributed by atoms with Gasteiger partial charge in [-0.3, -0.25) is 9.59 Å². The highest BCUT2D eigenvalue weighted by Crippen LogP contribution is 2.22. The fourth-order valence-electron chi connectivity index (χ4n) is 2.72. The van der Waals surface area contributed by atoms with Crippen LogP contribution in [-0.4, -0.2) is 42.0 Å². The Morgan fingerprint density at radius 3 is 2.62 bits per heavy atom. The maximum absolute atomic E-state index is 12.4. The van der Waals surface area contributed by atoms with E-state index in [2.05, 4.69) is 5.32 Å². The molecule has 1 aromatic rings. The zero-order chi connectivity index (χ0) is 16.8. The number of rotatable bonds is 6. The Bertz CT molecular complexity index is 568. The number of carbonyl (C=O) groups is 2. The van der Waals surface area contributed by atoms with E-state index in [9.17, 15) is 9.59 Å². The highest BCUT2D eigenvalue weighted by atomic mass is 35.5. The van der Waals surface area contributed by atoms with E-state index in [-0.39, 0.29) is 30.3 Å². The van der Waals surface area contributed by atoms with Gasteiger partial charge >= 0.3 is 0 Å². The van der Waals surface area contributed by atoms with E-state index in [1.54, 1.807) is 11.8 Å². The summed E-state index contributed by atoms with van der Waals surface area (Å²) in [6, 6.07) is 7.52. The number of nitrogens with zero attached hydrogens (tertiary/aromatic N) is 1. The summed E-state index contributed by atoms with van der Waals surface area (Å²) in [6.07, 6.45) is 1.01. The van der Waals surface area contributed by atoms with E-state index in [0.29, 0.717) is 26.1 Å². The van der Waals surface area contributed by atoms with Gasteiger partial charge in [-0.15, -0.1) is 12.4 Å². The number of amides is 2. The molecule has 0 spiro atoms. The third-order valence-corrected chi connectivity index (χ3v) is 4.13. The van der Waals surface area contributed by atoms with Gasteiger partial charge in [0, 0.05) is 32.2 Å². The molecule has 24 heavy (non-hydrogen) atoms. The molecule has 0 saturated carbocycles. The summed E-state index contributed by atoms with van der Waals surface area (Å²) in [6.45, 7) is 5.01. The van der Waals surface area contributed by atoms with E-state index >= 15 is 0 Å². The molecule has 1 fully saturated rings. The number of ether oxygens (including phenoxy) is 1. The second-order valence-electron chi connectivity index (χ2n) is 5.74. The van der Waals surface area contributed by atoms with E-state index in [1.165, 1.54) is 0 Å². The molecular formula is C17H26ClN3O3. The lowest BCUT2D eigenvalue weighted by atomic mass is 10.1. The van der Waals surface area contributed by atoms with Gasteiger partial charge in [0.1, 0.15) is 6.10 Å². The van der Waals surface area contributed by atoms with Gasteiger partial charge in [0.15, 0.2) is 0 Å². The molecule has 1 aliphatic rings. The van der Waals surface area contributed by atoms with E-state index in [0.717, 1.165) is 17.7 Å². The predicted octanol–water partition coefficient (Wildman–Crippen LogP) is 1.92. The summed E-state index contributed by atoms with van der Waals surface area (Å²) in [5.74, 6) is -0.141. The first kappa shape index (κ1) is 20.4. The smallest absolute Gasteiger partial charge is 0.253 e. The average Bonchev–Trinajstić information content (AvgIpc) is 3.02. The van der Waals surface area contributed by atoms with Crippen LogP contribution >= 0.6 is 12.4 Å². The molecule has 3 N–H and O–H groups in total. The fraction of sp³-hybridized carbons (Fsp3) is 0.529. The lowest BCUT2D eigenvalue weighted by Crippen LogP contribution is -2.31. The molecule has 0 aliphatic carbocycles. The number of anilines is 1. The standard InChI is InChI=1S/C17H25N3O3.ClH/c1-3-20(12(2)21)11-13-6-4-5-7-15(13)19-17(22)16-9-8-14(10-18)23-16;/h4-7,14,16H,3,8-11,18H2,1-2H3,(H,19,22);1H/t14-,16+;/m1./s1. The van der Waals surface area contributed by atoms with Gasteiger partial charge in [-0.2, -0.15) is 0 Å². The summed E-state index contributed by atoms with van der Waals surface area (Å²) in [5.41, 5.74) is 7.21. The van der Waals surface area contributed by atoms with Crippen LogP contribution in [0.1, 0.15) is 32.3 Å². The number of nitrogens with two attached hydrogens (primary N) is 1. The van der Waals surface area contributed by atoms with Gasteiger partial charge in [0.05, 0.1) is 6.10 Å². The van der Waals surface area contributed by atoms with Gasteiger partial charge in [0.25, 0.3) is 5.91 Å². The Balaban J connectivity index is 0.00000288. The molecule has 6 nitrogen and oxygen atoms in total. The molecule has 0 radical (unpaired) electrons. The lowest BCUT2D eigenvalue weighted by Gasteiger charge is -2.21. The van der Waals surface area contributed by atoms with Crippen molar-refractivity contribution in [2.24, 2.45) is 5.73 Å². The Labute approximate surface area is 149 Å². The van der Waals surface area contributed by atoms with E-state index in [4.69, 9.17) is 10.5 Å². The molecule has 0 aromatic heterocycles. The molecule has 134 valence electrons. The van der Waals surface area contributed by atoms with Crippen molar-refractivity contribution in [3.8, 4) is 0 Å². The minimum atomic E-state index is -0.452. The van der Waals surface area contributed by atoms with Crippen LogP contribution in [-0.2, 0) is 20.9 Å². The van der Waals surface area contributed by atoms with Crippen LogP contribution in [0.2, 0.25) is 0 Å². The minimum Gasteiger partial charge on any atom is -0.364 e. The Morgan fingerprint density at radius 1 is 1.33 bits per heavy atom. The molecular weight excluding hydrogens is 330 g/mol. The van der Waals surface area contributed by atoms with Gasteiger partial charge in [-0.1, -0.05) is 18.2 Å². The SMILES string of the molecule is CCN(Cc1ccccc1NC(=O)[C@@H]1CC[C@H](CN)O1)C(C)=O.Cl. The summed E-state index contributed by atoms with van der Waals surface area (Å²) >= 11 is 0. The third-order valence-electron chi connectivity index (χ3n) is 4.13. The van der Waals surface area contributed by atoms with Gasteiger partial charge in [-0.05, 0) is 31.4 Å². The first-order chi connectivity index (χ1) is 11.0.